The van der Waals surface area contributed by atoms with E-state index in [1.54, 1.807) is 13.2 Å². The number of benzene rings is 1. The number of pyridine rings is 1. The van der Waals surface area contributed by atoms with Gasteiger partial charge < -0.3 is 9.72 Å². The number of aromatic amines is 1. The third-order valence-electron chi connectivity index (χ3n) is 2.95. The van der Waals surface area contributed by atoms with Gasteiger partial charge in [0.05, 0.1) is 18.0 Å². The van der Waals surface area contributed by atoms with Crippen LogP contribution in [0.3, 0.4) is 0 Å². The zero-order valence-corrected chi connectivity index (χ0v) is 10.5. The molecule has 0 unspecified atom stereocenters. The van der Waals surface area contributed by atoms with Crippen molar-refractivity contribution in [1.82, 2.24) is 4.98 Å². The van der Waals surface area contributed by atoms with E-state index in [1.807, 2.05) is 19.1 Å². The van der Waals surface area contributed by atoms with E-state index in [0.29, 0.717) is 0 Å². The van der Waals surface area contributed by atoms with Crippen LogP contribution < -0.4 is 10.2 Å². The number of nitrogens with one attached hydrogen (secondary N) is 1. The molecule has 1 N–H and O–H groups in total. The van der Waals surface area contributed by atoms with Crippen molar-refractivity contribution < 1.29 is 4.74 Å². The highest BCUT2D eigenvalue weighted by molar-refractivity contribution is 5.87. The van der Waals surface area contributed by atoms with E-state index in [9.17, 15) is 4.79 Å². The first-order valence-corrected chi connectivity index (χ1v) is 5.87. The van der Waals surface area contributed by atoms with Gasteiger partial charge in [0.2, 0.25) is 0 Å². The van der Waals surface area contributed by atoms with Gasteiger partial charge in [0, 0.05) is 11.8 Å². The van der Waals surface area contributed by atoms with Crippen molar-refractivity contribution in [2.45, 2.75) is 26.7 Å². The second-order valence-corrected chi connectivity index (χ2v) is 4.24. The van der Waals surface area contributed by atoms with Gasteiger partial charge in [-0.25, -0.2) is 0 Å². The van der Waals surface area contributed by atoms with Gasteiger partial charge in [-0.1, -0.05) is 19.4 Å². The third-order valence-corrected chi connectivity index (χ3v) is 2.95. The fraction of sp³-hybridized carbons (Fsp3) is 0.357. The molecule has 0 fully saturated rings. The maximum Gasteiger partial charge on any atom is 0.190 e. The maximum absolute atomic E-state index is 12.1. The Kier molecular flexibility index (Phi) is 3.18. The predicted octanol–water partition coefficient (Wildman–Crippen LogP) is 2.80. The van der Waals surface area contributed by atoms with Gasteiger partial charge in [-0.3, -0.25) is 4.79 Å². The summed E-state index contributed by atoms with van der Waals surface area (Å²) < 4.78 is 5.30. The molecule has 0 aliphatic rings. The van der Waals surface area contributed by atoms with Crippen LogP contribution in [0.1, 0.15) is 24.6 Å². The van der Waals surface area contributed by atoms with Crippen LogP contribution in [-0.4, -0.2) is 12.1 Å². The van der Waals surface area contributed by atoms with Crippen LogP contribution in [-0.2, 0) is 6.42 Å². The SMILES string of the molecule is CCCc1cc(=O)c2c(C)ccc(OC)c2[nH]1. The number of aryl methyl sites for hydroxylation is 2. The summed E-state index contributed by atoms with van der Waals surface area (Å²) in [6, 6.07) is 5.50. The molecule has 0 atom stereocenters. The first-order chi connectivity index (χ1) is 8.17. The highest BCUT2D eigenvalue weighted by atomic mass is 16.5. The summed E-state index contributed by atoms with van der Waals surface area (Å²) in [4.78, 5) is 15.4. The Balaban J connectivity index is 2.80. The number of hydrogen-bond acceptors (Lipinski definition) is 2. The normalized spacial score (nSPS) is 10.8. The van der Waals surface area contributed by atoms with E-state index in [4.69, 9.17) is 4.74 Å². The second kappa shape index (κ2) is 4.62. The molecule has 0 amide bonds. The van der Waals surface area contributed by atoms with E-state index >= 15 is 0 Å². The minimum absolute atomic E-state index is 0.0681. The Bertz CT molecular complexity index is 599. The molecule has 0 radical (unpaired) electrons. The molecule has 90 valence electrons. The summed E-state index contributed by atoms with van der Waals surface area (Å²) >= 11 is 0. The highest BCUT2D eigenvalue weighted by Crippen LogP contribution is 2.24. The predicted molar refractivity (Wildman–Crippen MR) is 69.9 cm³/mol. The first kappa shape index (κ1) is 11.7. The van der Waals surface area contributed by atoms with Crippen LogP contribution in [0.25, 0.3) is 10.9 Å². The molecular formula is C14H17NO2. The van der Waals surface area contributed by atoms with Gasteiger partial charge in [0.1, 0.15) is 5.75 Å². The molecule has 0 aliphatic carbocycles. The molecule has 0 saturated heterocycles. The lowest BCUT2D eigenvalue weighted by molar-refractivity contribution is 0.418. The fourth-order valence-electron chi connectivity index (χ4n) is 2.13. The molecular weight excluding hydrogens is 214 g/mol. The topological polar surface area (TPSA) is 42.1 Å². The summed E-state index contributed by atoms with van der Waals surface area (Å²) in [5.74, 6) is 0.723. The standard InChI is InChI=1S/C14H17NO2/c1-4-5-10-8-11(16)13-9(2)6-7-12(17-3)14(13)15-10/h6-8H,4-5H2,1-3H3,(H,15,16). The fourth-order valence-corrected chi connectivity index (χ4v) is 2.13. The van der Waals surface area contributed by atoms with Crippen LogP contribution in [0.2, 0.25) is 0 Å². The van der Waals surface area contributed by atoms with Gasteiger partial charge in [-0.15, -0.1) is 0 Å². The third kappa shape index (κ3) is 2.05. The zero-order valence-electron chi connectivity index (χ0n) is 10.5. The van der Waals surface area contributed by atoms with Crippen LogP contribution >= 0.6 is 0 Å². The van der Waals surface area contributed by atoms with E-state index in [1.165, 1.54) is 0 Å². The Morgan fingerprint density at radius 2 is 2.12 bits per heavy atom. The number of ether oxygens (including phenoxy) is 1. The monoisotopic (exact) mass is 231 g/mol. The van der Waals surface area contributed by atoms with E-state index in [-0.39, 0.29) is 5.43 Å². The van der Waals surface area contributed by atoms with Crippen molar-refractivity contribution in [2.24, 2.45) is 0 Å². The van der Waals surface area contributed by atoms with Crippen LogP contribution in [0.4, 0.5) is 0 Å². The highest BCUT2D eigenvalue weighted by Gasteiger charge is 2.09. The minimum Gasteiger partial charge on any atom is -0.495 e. The summed E-state index contributed by atoms with van der Waals surface area (Å²) in [5.41, 5.74) is 2.82. The van der Waals surface area contributed by atoms with E-state index in [2.05, 4.69) is 11.9 Å². The van der Waals surface area contributed by atoms with Crippen LogP contribution in [0.5, 0.6) is 5.75 Å². The molecule has 0 saturated carbocycles. The van der Waals surface area contributed by atoms with Crippen molar-refractivity contribution in [3.05, 3.63) is 39.7 Å². The molecule has 17 heavy (non-hydrogen) atoms. The lowest BCUT2D eigenvalue weighted by Crippen LogP contribution is -2.07. The second-order valence-electron chi connectivity index (χ2n) is 4.24. The lowest BCUT2D eigenvalue weighted by Gasteiger charge is -2.09. The first-order valence-electron chi connectivity index (χ1n) is 5.87. The van der Waals surface area contributed by atoms with Gasteiger partial charge >= 0.3 is 0 Å². The van der Waals surface area contributed by atoms with Crippen molar-refractivity contribution in [2.75, 3.05) is 7.11 Å². The summed E-state index contributed by atoms with van der Waals surface area (Å²) in [7, 11) is 1.62. The smallest absolute Gasteiger partial charge is 0.190 e. The Morgan fingerprint density at radius 3 is 2.76 bits per heavy atom. The Hall–Kier alpha value is -1.77. The molecule has 1 heterocycles. The van der Waals surface area contributed by atoms with Crippen LogP contribution in [0.15, 0.2) is 23.0 Å². The van der Waals surface area contributed by atoms with Crippen molar-refractivity contribution in [3.8, 4) is 5.75 Å². The molecule has 1 aromatic heterocycles. The summed E-state index contributed by atoms with van der Waals surface area (Å²) in [5, 5.41) is 0.726. The zero-order chi connectivity index (χ0) is 12.4. The van der Waals surface area contributed by atoms with Gasteiger partial charge in [-0.05, 0) is 25.0 Å². The molecule has 3 nitrogen and oxygen atoms in total. The molecule has 0 bridgehead atoms. The molecule has 1 aromatic carbocycles. The Labute approximate surface area is 100 Å². The molecule has 2 aromatic rings. The number of hydrogen-bond donors (Lipinski definition) is 1. The molecule has 0 aliphatic heterocycles. The van der Waals surface area contributed by atoms with Gasteiger partial charge in [0.25, 0.3) is 0 Å². The average Bonchev–Trinajstić information content (AvgIpc) is 2.29. The summed E-state index contributed by atoms with van der Waals surface area (Å²) in [6.45, 7) is 4.03. The Morgan fingerprint density at radius 1 is 1.35 bits per heavy atom. The molecule has 0 spiro atoms. The minimum atomic E-state index is 0.0681. The number of fused-ring (bicyclic) bond motifs is 1. The number of aromatic nitrogens is 1. The average molecular weight is 231 g/mol. The molecule has 3 heteroatoms. The lowest BCUT2D eigenvalue weighted by atomic mass is 10.1. The maximum atomic E-state index is 12.1. The van der Waals surface area contributed by atoms with Crippen molar-refractivity contribution >= 4 is 10.9 Å². The van der Waals surface area contributed by atoms with E-state index < -0.39 is 0 Å². The quantitative estimate of drug-likeness (QED) is 0.882. The molecule has 2 rings (SSSR count). The summed E-state index contributed by atoms with van der Waals surface area (Å²) in [6.07, 6.45) is 1.89. The van der Waals surface area contributed by atoms with E-state index in [0.717, 1.165) is 40.8 Å². The largest absolute Gasteiger partial charge is 0.495 e. The van der Waals surface area contributed by atoms with Gasteiger partial charge in [-0.2, -0.15) is 0 Å². The number of methoxy groups -OCH3 is 1. The van der Waals surface area contributed by atoms with Crippen molar-refractivity contribution in [3.63, 3.8) is 0 Å². The van der Waals surface area contributed by atoms with Gasteiger partial charge in [0.15, 0.2) is 5.43 Å². The number of rotatable bonds is 3. The number of H-pyrrole nitrogens is 1. The van der Waals surface area contributed by atoms with Crippen molar-refractivity contribution in [1.29, 1.82) is 0 Å². The van der Waals surface area contributed by atoms with Crippen LogP contribution in [0, 0.1) is 6.92 Å².